The minimum absolute atomic E-state index is 0.00650. The van der Waals surface area contributed by atoms with Crippen molar-refractivity contribution in [2.75, 3.05) is 45.5 Å². The average Bonchev–Trinajstić information content (AvgIpc) is 3.16. The highest BCUT2D eigenvalue weighted by molar-refractivity contribution is 5.89. The number of aromatic nitrogens is 3. The first-order chi connectivity index (χ1) is 27.7. The van der Waals surface area contributed by atoms with E-state index >= 15 is 0 Å². The molecule has 3 heterocycles. The molecule has 326 valence electrons. The third kappa shape index (κ3) is 13.9. The van der Waals surface area contributed by atoms with Gasteiger partial charge in [0.25, 0.3) is 0 Å². The van der Waals surface area contributed by atoms with Crippen LogP contribution in [0.3, 0.4) is 0 Å². The second-order valence-electron chi connectivity index (χ2n) is 13.3. The Morgan fingerprint density at radius 2 is 1.46 bits per heavy atom. The quantitative estimate of drug-likeness (QED) is 0.0711. The smallest absolute Gasteiger partial charge is 0.416 e. The monoisotopic (exact) mass is 847 g/mol. The number of carbonyl (C=O) groups is 3. The summed E-state index contributed by atoms with van der Waals surface area (Å²) >= 11 is 0. The Labute approximate surface area is 335 Å². The number of hydrogen-bond acceptors (Lipinski definition) is 11. The van der Waals surface area contributed by atoms with Crippen LogP contribution in [0.1, 0.15) is 91.7 Å². The number of nitrogens with zero attached hydrogens (tertiary/aromatic N) is 4. The molecule has 0 spiro atoms. The Morgan fingerprint density at radius 1 is 0.864 bits per heavy atom. The fourth-order valence-electron chi connectivity index (χ4n) is 6.14. The van der Waals surface area contributed by atoms with E-state index in [1.165, 1.54) is 32.5 Å². The number of alkyl halides is 6. The molecule has 0 fully saturated rings. The van der Waals surface area contributed by atoms with Crippen LogP contribution >= 0.6 is 0 Å². The summed E-state index contributed by atoms with van der Waals surface area (Å²) < 4.78 is 102. The zero-order chi connectivity index (χ0) is 44.0. The Balaban J connectivity index is 0.000000526. The van der Waals surface area contributed by atoms with Crippen molar-refractivity contribution >= 4 is 23.7 Å². The van der Waals surface area contributed by atoms with E-state index in [0.29, 0.717) is 43.9 Å². The molecular formula is C38H47F6N5O10. The summed E-state index contributed by atoms with van der Waals surface area (Å²) in [6.45, 7) is 2.87. The van der Waals surface area contributed by atoms with Crippen molar-refractivity contribution in [1.29, 1.82) is 0 Å². The van der Waals surface area contributed by atoms with Crippen LogP contribution in [0, 0.1) is 0 Å². The lowest BCUT2D eigenvalue weighted by Crippen LogP contribution is -2.64. The molecule has 0 bridgehead atoms. The van der Waals surface area contributed by atoms with Crippen LogP contribution in [0.2, 0.25) is 0 Å². The van der Waals surface area contributed by atoms with E-state index < -0.39 is 59.5 Å². The minimum atomic E-state index is -5.05. The standard InChI is InChI=1S/C28H29F6N5O5.C10H18O5/c1-4-26(35)18(13-19-21(39(26)25(40)41)5-6-23(37-19)43-3)24-36-14-22(44-8-7-42-2)20(38-24)11-15-9-16(27(29,30)31)12-17(10-15)28(32,33)34;11-9(12)5-1-3-7-15-8-4-2-6-10(13)14/h5-6,9-10,12,14,18H,4,7-8,11,13,35H2,1-3H3,(H,40,41);1-8H2,(H,11,12)(H,13,14). The summed E-state index contributed by atoms with van der Waals surface area (Å²) in [4.78, 5) is 47.0. The minimum Gasteiger partial charge on any atom is -0.488 e. The molecule has 2 unspecified atom stereocenters. The number of unbranched alkanes of at least 4 members (excludes halogenated alkanes) is 2. The summed E-state index contributed by atoms with van der Waals surface area (Å²) in [5, 5.41) is 26.9. The molecule has 1 aliphatic heterocycles. The molecule has 1 amide bonds. The molecule has 2 atom stereocenters. The van der Waals surface area contributed by atoms with Gasteiger partial charge in [-0.1, -0.05) is 6.92 Å². The van der Waals surface area contributed by atoms with Gasteiger partial charge < -0.3 is 40.0 Å². The van der Waals surface area contributed by atoms with Gasteiger partial charge in [0, 0.05) is 52.1 Å². The highest BCUT2D eigenvalue weighted by atomic mass is 19.4. The molecule has 0 radical (unpaired) electrons. The van der Waals surface area contributed by atoms with Crippen LogP contribution in [0.4, 0.5) is 36.8 Å². The van der Waals surface area contributed by atoms with Crippen LogP contribution in [-0.4, -0.2) is 94.6 Å². The number of pyridine rings is 1. The SMILES string of the molecule is CCC1(N)C(c2ncc(OCCOC)c(Cc3cc(C(F)(F)F)cc(C(F)(F)F)c3)n2)Cc2nc(OC)ccc2N1C(=O)O.O=C(O)CCCCOCCCCC(=O)O. The molecule has 1 aromatic carbocycles. The molecule has 2 aromatic heterocycles. The molecule has 5 N–H and O–H groups in total. The summed E-state index contributed by atoms with van der Waals surface area (Å²) in [6, 6.07) is 4.24. The molecular weight excluding hydrogens is 800 g/mol. The molecule has 0 saturated heterocycles. The molecule has 1 aliphatic rings. The Morgan fingerprint density at radius 3 is 1.95 bits per heavy atom. The predicted octanol–water partition coefficient (Wildman–Crippen LogP) is 6.94. The number of nitrogens with two attached hydrogens (primary N) is 1. The van der Waals surface area contributed by atoms with Crippen molar-refractivity contribution in [3.8, 4) is 11.6 Å². The summed E-state index contributed by atoms with van der Waals surface area (Å²) in [6.07, 6.45) is -7.52. The number of amides is 1. The van der Waals surface area contributed by atoms with E-state index in [1.54, 1.807) is 6.92 Å². The van der Waals surface area contributed by atoms with Gasteiger partial charge in [0.2, 0.25) is 5.88 Å². The number of ether oxygens (including phenoxy) is 4. The van der Waals surface area contributed by atoms with E-state index in [2.05, 4.69) is 15.0 Å². The first kappa shape index (κ1) is 48.1. The highest BCUT2D eigenvalue weighted by Gasteiger charge is 2.50. The number of methoxy groups -OCH3 is 2. The lowest BCUT2D eigenvalue weighted by molar-refractivity contribution is -0.143. The maximum Gasteiger partial charge on any atom is 0.416 e. The third-order valence-electron chi connectivity index (χ3n) is 9.13. The van der Waals surface area contributed by atoms with Crippen molar-refractivity contribution in [1.82, 2.24) is 15.0 Å². The maximum atomic E-state index is 13.6. The van der Waals surface area contributed by atoms with Gasteiger partial charge in [0.15, 0.2) is 5.75 Å². The van der Waals surface area contributed by atoms with E-state index in [9.17, 15) is 45.8 Å². The fraction of sp³-hybridized carbons (Fsp3) is 0.526. The second-order valence-corrected chi connectivity index (χ2v) is 13.3. The summed E-state index contributed by atoms with van der Waals surface area (Å²) in [7, 11) is 2.80. The van der Waals surface area contributed by atoms with Crippen LogP contribution in [0.25, 0.3) is 0 Å². The number of hydrogen-bond donors (Lipinski definition) is 4. The van der Waals surface area contributed by atoms with Gasteiger partial charge in [-0.2, -0.15) is 26.3 Å². The number of carboxylic acids is 2. The number of rotatable bonds is 19. The lowest BCUT2D eigenvalue weighted by atomic mass is 9.80. The molecule has 3 aromatic rings. The Hall–Kier alpha value is -5.28. The molecule has 0 aliphatic carbocycles. The van der Waals surface area contributed by atoms with E-state index in [1.807, 2.05) is 0 Å². The fourth-order valence-corrected chi connectivity index (χ4v) is 6.14. The summed E-state index contributed by atoms with van der Waals surface area (Å²) in [5.74, 6) is -2.31. The molecule has 4 rings (SSSR count). The van der Waals surface area contributed by atoms with Gasteiger partial charge in [-0.3, -0.25) is 14.5 Å². The first-order valence-electron chi connectivity index (χ1n) is 18.4. The third-order valence-corrected chi connectivity index (χ3v) is 9.13. The largest absolute Gasteiger partial charge is 0.488 e. The van der Waals surface area contributed by atoms with Gasteiger partial charge in [-0.15, -0.1) is 0 Å². The predicted molar refractivity (Wildman–Crippen MR) is 197 cm³/mol. The number of carboxylic acid groups (broad SMARTS) is 3. The second kappa shape index (κ2) is 21.6. The van der Waals surface area contributed by atoms with Gasteiger partial charge in [-0.05, 0) is 61.9 Å². The van der Waals surface area contributed by atoms with Crippen molar-refractivity contribution in [3.63, 3.8) is 0 Å². The van der Waals surface area contributed by atoms with Crippen molar-refractivity contribution in [2.24, 2.45) is 5.73 Å². The highest BCUT2D eigenvalue weighted by Crippen LogP contribution is 2.44. The Bertz CT molecular complexity index is 1830. The van der Waals surface area contributed by atoms with Gasteiger partial charge >= 0.3 is 30.4 Å². The molecule has 59 heavy (non-hydrogen) atoms. The van der Waals surface area contributed by atoms with Crippen LogP contribution in [0.15, 0.2) is 36.5 Å². The lowest BCUT2D eigenvalue weighted by Gasteiger charge is -2.47. The zero-order valence-corrected chi connectivity index (χ0v) is 32.6. The van der Waals surface area contributed by atoms with E-state index in [0.717, 1.165) is 17.7 Å². The number of fused-ring (bicyclic) bond motifs is 1. The van der Waals surface area contributed by atoms with Crippen LogP contribution in [-0.2, 0) is 44.3 Å². The normalized spacial score (nSPS) is 16.4. The van der Waals surface area contributed by atoms with Gasteiger partial charge in [0.1, 0.15) is 18.1 Å². The Kier molecular flexibility index (Phi) is 17.6. The number of halogens is 6. The number of anilines is 1. The summed E-state index contributed by atoms with van der Waals surface area (Å²) in [5.41, 5.74) is 2.34. The number of benzene rings is 1. The van der Waals surface area contributed by atoms with Crippen LogP contribution < -0.4 is 20.1 Å². The van der Waals surface area contributed by atoms with Crippen molar-refractivity contribution in [3.05, 3.63) is 70.4 Å². The van der Waals surface area contributed by atoms with Crippen LogP contribution in [0.5, 0.6) is 11.6 Å². The first-order valence-corrected chi connectivity index (χ1v) is 18.4. The van der Waals surface area contributed by atoms with Gasteiger partial charge in [0.05, 0.1) is 54.0 Å². The maximum absolute atomic E-state index is 13.6. The van der Waals surface area contributed by atoms with E-state index in [-0.39, 0.29) is 79.4 Å². The van der Waals surface area contributed by atoms with Crippen molar-refractivity contribution < 1.29 is 75.0 Å². The topological polar surface area (TPSA) is 217 Å². The van der Waals surface area contributed by atoms with Crippen molar-refractivity contribution in [2.45, 2.75) is 88.6 Å². The molecule has 0 saturated carbocycles. The average molecular weight is 848 g/mol. The zero-order valence-electron chi connectivity index (χ0n) is 32.6. The van der Waals surface area contributed by atoms with Gasteiger partial charge in [-0.25, -0.2) is 19.7 Å². The van der Waals surface area contributed by atoms with E-state index in [4.69, 9.17) is 34.9 Å². The molecule has 21 heteroatoms. The molecule has 15 nitrogen and oxygen atoms in total. The number of aliphatic carboxylic acids is 2.